The van der Waals surface area contributed by atoms with Gasteiger partial charge in [-0.3, -0.25) is 9.78 Å². The van der Waals surface area contributed by atoms with E-state index in [1.54, 1.807) is 30.6 Å². The number of anilines is 1. The van der Waals surface area contributed by atoms with E-state index in [4.69, 9.17) is 9.47 Å². The molecule has 2 N–H and O–H groups in total. The Balaban J connectivity index is 1.50. The van der Waals surface area contributed by atoms with Crippen LogP contribution in [0.25, 0.3) is 0 Å². The number of nitrogens with one attached hydrogen (secondary N) is 2. The highest BCUT2D eigenvalue weighted by Gasteiger charge is 2.11. The summed E-state index contributed by atoms with van der Waals surface area (Å²) in [5.41, 5.74) is 2.64. The second-order valence-corrected chi connectivity index (χ2v) is 6.64. The van der Waals surface area contributed by atoms with Crippen LogP contribution in [0.2, 0.25) is 0 Å². The lowest BCUT2D eigenvalue weighted by molar-refractivity contribution is 0.0953. The summed E-state index contributed by atoms with van der Waals surface area (Å²) in [6.45, 7) is 4.17. The van der Waals surface area contributed by atoms with Crippen molar-refractivity contribution in [3.05, 3.63) is 84.2 Å². The minimum Gasteiger partial charge on any atom is -0.490 e. The number of hydrogen-bond acceptors (Lipinski definition) is 5. The van der Waals surface area contributed by atoms with Gasteiger partial charge in [0.15, 0.2) is 11.5 Å². The van der Waals surface area contributed by atoms with Gasteiger partial charge < -0.3 is 20.1 Å². The van der Waals surface area contributed by atoms with Gasteiger partial charge in [-0.2, -0.15) is 0 Å². The Morgan fingerprint density at radius 2 is 1.73 bits per heavy atom. The summed E-state index contributed by atoms with van der Waals surface area (Å²) in [6.07, 6.45) is 4.28. The first-order chi connectivity index (χ1) is 14.8. The Morgan fingerprint density at radius 3 is 2.50 bits per heavy atom. The molecule has 6 nitrogen and oxygen atoms in total. The van der Waals surface area contributed by atoms with E-state index in [-0.39, 0.29) is 5.91 Å². The average molecular weight is 405 g/mol. The van der Waals surface area contributed by atoms with Gasteiger partial charge in [0.05, 0.1) is 6.61 Å². The van der Waals surface area contributed by atoms with Crippen molar-refractivity contribution < 1.29 is 14.3 Å². The molecule has 0 aliphatic heterocycles. The molecule has 0 saturated carbocycles. The van der Waals surface area contributed by atoms with E-state index in [1.165, 1.54) is 0 Å². The first-order valence-corrected chi connectivity index (χ1v) is 10.1. The number of pyridine rings is 1. The fourth-order valence-electron chi connectivity index (χ4n) is 2.86. The molecule has 156 valence electrons. The monoisotopic (exact) mass is 405 g/mol. The van der Waals surface area contributed by atoms with Crippen molar-refractivity contribution in [3.8, 4) is 11.5 Å². The van der Waals surface area contributed by atoms with Gasteiger partial charge in [0, 0.05) is 36.7 Å². The molecule has 2 aromatic carbocycles. The Morgan fingerprint density at radius 1 is 0.933 bits per heavy atom. The zero-order chi connectivity index (χ0) is 21.0. The Bertz CT molecular complexity index is 917. The second-order valence-electron chi connectivity index (χ2n) is 6.64. The minimum atomic E-state index is -0.128. The maximum Gasteiger partial charge on any atom is 0.251 e. The van der Waals surface area contributed by atoms with Crippen LogP contribution in [0.4, 0.5) is 5.69 Å². The Labute approximate surface area is 177 Å². The molecule has 1 amide bonds. The standard InChI is InChI=1S/C24H27N3O3/c1-2-29-23-17-20(9-10-22(23)30-18-19-11-15-25-16-12-19)24(28)27-14-6-13-26-21-7-4-3-5-8-21/h3-5,7-12,15-17,26H,2,6,13-14,18H2,1H3,(H,27,28). The highest BCUT2D eigenvalue weighted by molar-refractivity contribution is 5.94. The van der Waals surface area contributed by atoms with E-state index in [0.29, 0.717) is 36.8 Å². The zero-order valence-electron chi connectivity index (χ0n) is 17.1. The number of hydrogen-bond donors (Lipinski definition) is 2. The molecule has 0 radical (unpaired) electrons. The van der Waals surface area contributed by atoms with Crippen LogP contribution in [0.1, 0.15) is 29.3 Å². The smallest absolute Gasteiger partial charge is 0.251 e. The Hall–Kier alpha value is -3.54. The van der Waals surface area contributed by atoms with Crippen molar-refractivity contribution in [3.63, 3.8) is 0 Å². The third kappa shape index (κ3) is 6.51. The van der Waals surface area contributed by atoms with Crippen LogP contribution in [0.3, 0.4) is 0 Å². The van der Waals surface area contributed by atoms with Gasteiger partial charge in [0.2, 0.25) is 0 Å². The molecule has 0 saturated heterocycles. The molecule has 0 bridgehead atoms. The number of rotatable bonds is 11. The number of nitrogens with zero attached hydrogens (tertiary/aromatic N) is 1. The zero-order valence-corrected chi connectivity index (χ0v) is 17.1. The second kappa shape index (κ2) is 11.5. The topological polar surface area (TPSA) is 72.5 Å². The molecule has 0 unspecified atom stereocenters. The largest absolute Gasteiger partial charge is 0.490 e. The minimum absolute atomic E-state index is 0.128. The summed E-state index contributed by atoms with van der Waals surface area (Å²) in [5, 5.41) is 6.28. The third-order valence-electron chi connectivity index (χ3n) is 4.39. The normalized spacial score (nSPS) is 10.3. The molecule has 0 fully saturated rings. The molecule has 1 aromatic heterocycles. The van der Waals surface area contributed by atoms with Crippen LogP contribution in [-0.2, 0) is 6.61 Å². The molecular formula is C24H27N3O3. The van der Waals surface area contributed by atoms with Crippen LogP contribution in [0.5, 0.6) is 11.5 Å². The van der Waals surface area contributed by atoms with Gasteiger partial charge in [-0.25, -0.2) is 0 Å². The number of ether oxygens (including phenoxy) is 2. The molecule has 0 aliphatic carbocycles. The van der Waals surface area contributed by atoms with Gasteiger partial charge in [0.25, 0.3) is 5.91 Å². The Kier molecular flexibility index (Phi) is 8.09. The lowest BCUT2D eigenvalue weighted by atomic mass is 10.2. The van der Waals surface area contributed by atoms with Gasteiger partial charge in [-0.05, 0) is 61.4 Å². The van der Waals surface area contributed by atoms with Gasteiger partial charge >= 0.3 is 0 Å². The summed E-state index contributed by atoms with van der Waals surface area (Å²) in [7, 11) is 0. The van der Waals surface area contributed by atoms with E-state index in [2.05, 4.69) is 15.6 Å². The molecule has 3 rings (SSSR count). The fourth-order valence-corrected chi connectivity index (χ4v) is 2.86. The summed E-state index contributed by atoms with van der Waals surface area (Å²) in [6, 6.07) is 19.1. The van der Waals surface area contributed by atoms with Crippen molar-refractivity contribution in [2.24, 2.45) is 0 Å². The first-order valence-electron chi connectivity index (χ1n) is 10.1. The van der Waals surface area contributed by atoms with E-state index in [1.807, 2.05) is 49.4 Å². The van der Waals surface area contributed by atoms with Crippen molar-refractivity contribution in [2.75, 3.05) is 25.0 Å². The molecule has 0 atom stereocenters. The number of benzene rings is 2. The predicted octanol–water partition coefficient (Wildman–Crippen LogP) is 4.29. The number of para-hydroxylation sites is 1. The van der Waals surface area contributed by atoms with Crippen LogP contribution < -0.4 is 20.1 Å². The third-order valence-corrected chi connectivity index (χ3v) is 4.39. The van der Waals surface area contributed by atoms with E-state index in [9.17, 15) is 4.79 Å². The number of carbonyl (C=O) groups excluding carboxylic acids is 1. The molecule has 6 heteroatoms. The summed E-state index contributed by atoms with van der Waals surface area (Å²) in [5.74, 6) is 1.04. The van der Waals surface area contributed by atoms with Crippen molar-refractivity contribution in [2.45, 2.75) is 20.0 Å². The molecule has 3 aromatic rings. The SMILES string of the molecule is CCOc1cc(C(=O)NCCCNc2ccccc2)ccc1OCc1ccncc1. The lowest BCUT2D eigenvalue weighted by Gasteiger charge is -2.14. The van der Waals surface area contributed by atoms with E-state index in [0.717, 1.165) is 24.2 Å². The lowest BCUT2D eigenvalue weighted by Crippen LogP contribution is -2.25. The van der Waals surface area contributed by atoms with E-state index < -0.39 is 0 Å². The van der Waals surface area contributed by atoms with Crippen LogP contribution >= 0.6 is 0 Å². The van der Waals surface area contributed by atoms with Crippen LogP contribution in [0.15, 0.2) is 73.1 Å². The number of aromatic nitrogens is 1. The fraction of sp³-hybridized carbons (Fsp3) is 0.250. The van der Waals surface area contributed by atoms with Gasteiger partial charge in [-0.1, -0.05) is 18.2 Å². The van der Waals surface area contributed by atoms with Gasteiger partial charge in [0.1, 0.15) is 6.61 Å². The van der Waals surface area contributed by atoms with Crippen molar-refractivity contribution >= 4 is 11.6 Å². The molecule has 0 aliphatic rings. The average Bonchev–Trinajstić information content (AvgIpc) is 2.79. The maximum absolute atomic E-state index is 12.5. The summed E-state index contributed by atoms with van der Waals surface area (Å²) >= 11 is 0. The van der Waals surface area contributed by atoms with Crippen molar-refractivity contribution in [1.82, 2.24) is 10.3 Å². The van der Waals surface area contributed by atoms with Gasteiger partial charge in [-0.15, -0.1) is 0 Å². The predicted molar refractivity (Wildman–Crippen MR) is 118 cm³/mol. The first kappa shape index (κ1) is 21.2. The number of carbonyl (C=O) groups is 1. The van der Waals surface area contributed by atoms with Crippen molar-refractivity contribution in [1.29, 1.82) is 0 Å². The maximum atomic E-state index is 12.5. The molecular weight excluding hydrogens is 378 g/mol. The quantitative estimate of drug-likeness (QED) is 0.466. The molecule has 30 heavy (non-hydrogen) atoms. The number of amides is 1. The van der Waals surface area contributed by atoms with Crippen LogP contribution in [-0.4, -0.2) is 30.6 Å². The molecule has 1 heterocycles. The van der Waals surface area contributed by atoms with E-state index >= 15 is 0 Å². The highest BCUT2D eigenvalue weighted by Crippen LogP contribution is 2.29. The van der Waals surface area contributed by atoms with Crippen LogP contribution in [0, 0.1) is 0 Å². The summed E-state index contributed by atoms with van der Waals surface area (Å²) < 4.78 is 11.6. The summed E-state index contributed by atoms with van der Waals surface area (Å²) in [4.78, 5) is 16.5. The molecule has 0 spiro atoms. The highest BCUT2D eigenvalue weighted by atomic mass is 16.5.